The first-order valence-corrected chi connectivity index (χ1v) is 6.22. The monoisotopic (exact) mass is 248 g/mol. The second kappa shape index (κ2) is 5.35. The average molecular weight is 248 g/mol. The largest absolute Gasteiger partial charge is 0.384 e. The maximum absolute atomic E-state index is 12.2. The minimum Gasteiger partial charge on any atom is -0.384 e. The van der Waals surface area contributed by atoms with E-state index in [2.05, 4.69) is 16.9 Å². The number of pyridine rings is 1. The van der Waals surface area contributed by atoms with Crippen molar-refractivity contribution in [3.8, 4) is 0 Å². The van der Waals surface area contributed by atoms with E-state index < -0.39 is 0 Å². The number of carbonyl (C=O) groups excluding carboxylic acids is 1. The number of carbonyl (C=O) groups is 1. The van der Waals surface area contributed by atoms with Gasteiger partial charge in [-0.25, -0.2) is 4.98 Å². The molecule has 1 aromatic heterocycles. The predicted molar refractivity (Wildman–Crippen MR) is 71.2 cm³/mol. The average Bonchev–Trinajstić information content (AvgIpc) is 2.75. The van der Waals surface area contributed by atoms with E-state index >= 15 is 0 Å². The van der Waals surface area contributed by atoms with Crippen LogP contribution in [0.1, 0.15) is 16.8 Å². The van der Waals surface area contributed by atoms with E-state index in [1.165, 1.54) is 6.20 Å². The molecular formula is C13H20N4O. The van der Waals surface area contributed by atoms with Crippen molar-refractivity contribution in [2.45, 2.75) is 6.42 Å². The maximum atomic E-state index is 12.2. The number of amides is 1. The molecule has 0 saturated carbocycles. The summed E-state index contributed by atoms with van der Waals surface area (Å²) in [5, 5.41) is 0. The third kappa shape index (κ3) is 2.98. The smallest absolute Gasteiger partial charge is 0.255 e. The Morgan fingerprint density at radius 2 is 2.39 bits per heavy atom. The quantitative estimate of drug-likeness (QED) is 0.854. The fourth-order valence-electron chi connectivity index (χ4n) is 2.40. The number of likely N-dealkylation sites (tertiary alicyclic amines) is 1. The lowest BCUT2D eigenvalue weighted by Crippen LogP contribution is -2.32. The van der Waals surface area contributed by atoms with E-state index in [1.807, 2.05) is 7.05 Å². The summed E-state index contributed by atoms with van der Waals surface area (Å²) in [4.78, 5) is 20.2. The van der Waals surface area contributed by atoms with Crippen LogP contribution in [-0.2, 0) is 0 Å². The van der Waals surface area contributed by atoms with Crippen LogP contribution in [0.25, 0.3) is 0 Å². The Bertz CT molecular complexity index is 418. The van der Waals surface area contributed by atoms with Gasteiger partial charge in [-0.2, -0.15) is 0 Å². The van der Waals surface area contributed by atoms with Gasteiger partial charge in [-0.3, -0.25) is 4.79 Å². The molecule has 0 radical (unpaired) electrons. The van der Waals surface area contributed by atoms with Gasteiger partial charge < -0.3 is 15.5 Å². The number of rotatable bonds is 3. The summed E-state index contributed by atoms with van der Waals surface area (Å²) in [6.45, 7) is 2.99. The van der Waals surface area contributed by atoms with Crippen molar-refractivity contribution in [1.82, 2.24) is 14.8 Å². The molecule has 2 N–H and O–H groups in total. The number of nitrogens with two attached hydrogens (primary N) is 1. The van der Waals surface area contributed by atoms with Crippen LogP contribution < -0.4 is 5.73 Å². The number of anilines is 1. The Balaban J connectivity index is 1.94. The topological polar surface area (TPSA) is 62.5 Å². The molecule has 5 heteroatoms. The molecular weight excluding hydrogens is 228 g/mol. The standard InChI is InChI=1S/C13H20N4O/c1-16-6-5-10(8-16)9-17(2)13(18)11-3-4-12(14)15-7-11/h3-4,7,10H,5-6,8-9H2,1-2H3,(H2,14,15). The molecule has 0 spiro atoms. The summed E-state index contributed by atoms with van der Waals surface area (Å²) in [6.07, 6.45) is 2.70. The van der Waals surface area contributed by atoms with Gasteiger partial charge in [0.05, 0.1) is 5.56 Å². The van der Waals surface area contributed by atoms with Gasteiger partial charge in [0, 0.05) is 26.3 Å². The van der Waals surface area contributed by atoms with Crippen molar-refractivity contribution in [2.75, 3.05) is 39.5 Å². The summed E-state index contributed by atoms with van der Waals surface area (Å²) < 4.78 is 0. The minimum absolute atomic E-state index is 0.0112. The Morgan fingerprint density at radius 1 is 1.61 bits per heavy atom. The van der Waals surface area contributed by atoms with Gasteiger partial charge in [-0.1, -0.05) is 0 Å². The van der Waals surface area contributed by atoms with Crippen LogP contribution >= 0.6 is 0 Å². The van der Waals surface area contributed by atoms with E-state index in [0.717, 1.165) is 26.1 Å². The summed E-state index contributed by atoms with van der Waals surface area (Å²) in [5.41, 5.74) is 6.10. The highest BCUT2D eigenvalue weighted by molar-refractivity contribution is 5.93. The van der Waals surface area contributed by atoms with E-state index in [9.17, 15) is 4.79 Å². The molecule has 2 heterocycles. The number of nitrogen functional groups attached to an aromatic ring is 1. The molecule has 1 aromatic rings. The number of hydrogen-bond donors (Lipinski definition) is 1. The van der Waals surface area contributed by atoms with Crippen LogP contribution in [0.3, 0.4) is 0 Å². The third-order valence-corrected chi connectivity index (χ3v) is 3.40. The predicted octanol–water partition coefficient (Wildman–Crippen LogP) is 0.687. The van der Waals surface area contributed by atoms with Crippen LogP contribution in [0.5, 0.6) is 0 Å². The zero-order valence-electron chi connectivity index (χ0n) is 11.0. The van der Waals surface area contributed by atoms with Crippen molar-refractivity contribution in [3.05, 3.63) is 23.9 Å². The molecule has 5 nitrogen and oxygen atoms in total. The Morgan fingerprint density at radius 3 is 2.94 bits per heavy atom. The van der Waals surface area contributed by atoms with E-state index in [4.69, 9.17) is 5.73 Å². The summed E-state index contributed by atoms with van der Waals surface area (Å²) in [6, 6.07) is 3.38. The molecule has 1 fully saturated rings. The van der Waals surface area contributed by atoms with Crippen LogP contribution in [0.15, 0.2) is 18.3 Å². The van der Waals surface area contributed by atoms with E-state index in [0.29, 0.717) is 17.3 Å². The van der Waals surface area contributed by atoms with E-state index in [1.54, 1.807) is 17.0 Å². The molecule has 18 heavy (non-hydrogen) atoms. The lowest BCUT2D eigenvalue weighted by molar-refractivity contribution is 0.0773. The van der Waals surface area contributed by atoms with Gasteiger partial charge in [0.2, 0.25) is 0 Å². The highest BCUT2D eigenvalue weighted by atomic mass is 16.2. The molecule has 1 unspecified atom stereocenters. The van der Waals surface area contributed by atoms with Crippen molar-refractivity contribution in [3.63, 3.8) is 0 Å². The molecule has 1 amide bonds. The Kier molecular flexibility index (Phi) is 3.81. The lowest BCUT2D eigenvalue weighted by atomic mass is 10.1. The van der Waals surface area contributed by atoms with Gasteiger partial charge in [-0.15, -0.1) is 0 Å². The molecule has 0 aliphatic carbocycles. The second-order valence-corrected chi connectivity index (χ2v) is 5.07. The summed E-state index contributed by atoms with van der Waals surface area (Å²) in [5.74, 6) is 1.02. The first-order chi connectivity index (χ1) is 8.56. The normalized spacial score (nSPS) is 20.0. The zero-order chi connectivity index (χ0) is 13.1. The highest BCUT2D eigenvalue weighted by Crippen LogP contribution is 2.16. The second-order valence-electron chi connectivity index (χ2n) is 5.07. The van der Waals surface area contributed by atoms with Gasteiger partial charge in [0.25, 0.3) is 5.91 Å². The number of hydrogen-bond acceptors (Lipinski definition) is 4. The van der Waals surface area contributed by atoms with Gasteiger partial charge in [0.1, 0.15) is 5.82 Å². The highest BCUT2D eigenvalue weighted by Gasteiger charge is 2.23. The zero-order valence-corrected chi connectivity index (χ0v) is 11.0. The Hall–Kier alpha value is -1.62. The van der Waals surface area contributed by atoms with Gasteiger partial charge >= 0.3 is 0 Å². The fourth-order valence-corrected chi connectivity index (χ4v) is 2.40. The molecule has 1 aliphatic heterocycles. The van der Waals surface area contributed by atoms with Gasteiger partial charge in [-0.05, 0) is 38.1 Å². The number of nitrogens with zero attached hydrogens (tertiary/aromatic N) is 3. The van der Waals surface area contributed by atoms with Crippen molar-refractivity contribution < 1.29 is 4.79 Å². The molecule has 1 aliphatic rings. The third-order valence-electron chi connectivity index (χ3n) is 3.40. The Labute approximate surface area is 108 Å². The molecule has 2 rings (SSSR count). The molecule has 0 aromatic carbocycles. The maximum Gasteiger partial charge on any atom is 0.255 e. The first-order valence-electron chi connectivity index (χ1n) is 6.22. The summed E-state index contributed by atoms with van der Waals surface area (Å²) in [7, 11) is 3.96. The molecule has 98 valence electrons. The molecule has 1 atom stereocenters. The van der Waals surface area contributed by atoms with Crippen molar-refractivity contribution >= 4 is 11.7 Å². The summed E-state index contributed by atoms with van der Waals surface area (Å²) >= 11 is 0. The van der Waals surface area contributed by atoms with Crippen molar-refractivity contribution in [2.24, 2.45) is 5.92 Å². The van der Waals surface area contributed by atoms with Gasteiger partial charge in [0.15, 0.2) is 0 Å². The van der Waals surface area contributed by atoms with Crippen LogP contribution in [0, 0.1) is 5.92 Å². The van der Waals surface area contributed by atoms with Crippen LogP contribution in [-0.4, -0.2) is 54.4 Å². The fraction of sp³-hybridized carbons (Fsp3) is 0.538. The molecule has 0 bridgehead atoms. The van der Waals surface area contributed by atoms with Crippen LogP contribution in [0.4, 0.5) is 5.82 Å². The SMILES string of the molecule is CN1CCC(CN(C)C(=O)c2ccc(N)nc2)C1. The van der Waals surface area contributed by atoms with E-state index in [-0.39, 0.29) is 5.91 Å². The van der Waals surface area contributed by atoms with Crippen molar-refractivity contribution in [1.29, 1.82) is 0 Å². The lowest BCUT2D eigenvalue weighted by Gasteiger charge is -2.21. The number of aromatic nitrogens is 1. The first kappa shape index (κ1) is 12.8. The van der Waals surface area contributed by atoms with Crippen LogP contribution in [0.2, 0.25) is 0 Å². The molecule has 1 saturated heterocycles. The minimum atomic E-state index is 0.0112.